The average Bonchev–Trinajstić information content (AvgIpc) is 3.62. The van der Waals surface area contributed by atoms with Crippen LogP contribution in [-0.2, 0) is 0 Å². The maximum atomic E-state index is 6.53. The molecule has 0 aliphatic rings. The first kappa shape index (κ1) is 28.5. The molecule has 5 heteroatoms. The first-order valence-corrected chi connectivity index (χ1v) is 16.3. The van der Waals surface area contributed by atoms with Gasteiger partial charge in [-0.3, -0.25) is 4.98 Å². The standard InChI is InChI=1S/C44H30N4O/c1-5-13-33(14-6-1)44-46-41-26-24-32-22-21-31-23-25-37(28-40(31)42(32)43(41)49-44)48(36-19-11-4-12-20-36)39-27-38(29-45-30-39)47(34-15-7-2-8-16-34)35-17-9-3-10-18-35/h1-30H. The number of hydrogen-bond acceptors (Lipinski definition) is 5. The van der Waals surface area contributed by atoms with Crippen LogP contribution in [0.2, 0.25) is 0 Å². The first-order valence-electron chi connectivity index (χ1n) is 16.3. The zero-order chi connectivity index (χ0) is 32.6. The minimum absolute atomic E-state index is 0.617. The van der Waals surface area contributed by atoms with Crippen molar-refractivity contribution >= 4 is 66.8 Å². The van der Waals surface area contributed by atoms with Crippen LogP contribution in [0.15, 0.2) is 187 Å². The Morgan fingerprint density at radius 2 is 0.939 bits per heavy atom. The molecule has 0 aliphatic carbocycles. The van der Waals surface area contributed by atoms with Gasteiger partial charge in [0.1, 0.15) is 5.52 Å². The number of oxazole rings is 1. The van der Waals surface area contributed by atoms with E-state index in [1.807, 2.05) is 67.0 Å². The van der Waals surface area contributed by atoms with Crippen LogP contribution in [0, 0.1) is 0 Å². The molecule has 232 valence electrons. The highest BCUT2D eigenvalue weighted by atomic mass is 16.3. The fourth-order valence-electron chi connectivity index (χ4n) is 6.64. The number of para-hydroxylation sites is 3. The molecular formula is C44H30N4O. The van der Waals surface area contributed by atoms with Crippen molar-refractivity contribution in [1.82, 2.24) is 9.97 Å². The second kappa shape index (κ2) is 12.1. The Kier molecular flexibility index (Phi) is 7.06. The summed E-state index contributed by atoms with van der Waals surface area (Å²) in [5.41, 5.74) is 8.63. The summed E-state index contributed by atoms with van der Waals surface area (Å²) in [6, 6.07) is 58.7. The zero-order valence-corrected chi connectivity index (χ0v) is 26.5. The molecule has 2 aromatic heterocycles. The van der Waals surface area contributed by atoms with E-state index in [0.717, 1.165) is 72.3 Å². The van der Waals surface area contributed by atoms with Gasteiger partial charge in [0.2, 0.25) is 5.89 Å². The van der Waals surface area contributed by atoms with Gasteiger partial charge in [0.05, 0.1) is 23.8 Å². The summed E-state index contributed by atoms with van der Waals surface area (Å²) in [4.78, 5) is 14.2. The Balaban J connectivity index is 1.23. The van der Waals surface area contributed by atoms with E-state index in [2.05, 4.69) is 125 Å². The van der Waals surface area contributed by atoms with Crippen molar-refractivity contribution in [3.63, 3.8) is 0 Å². The number of anilines is 6. The molecule has 0 amide bonds. The third-order valence-electron chi connectivity index (χ3n) is 8.89. The Labute approximate surface area is 284 Å². The molecule has 0 saturated carbocycles. The maximum absolute atomic E-state index is 6.53. The summed E-state index contributed by atoms with van der Waals surface area (Å²) in [6.45, 7) is 0. The van der Waals surface area contributed by atoms with Gasteiger partial charge in [0, 0.05) is 33.7 Å². The fourth-order valence-corrected chi connectivity index (χ4v) is 6.64. The Morgan fingerprint density at radius 3 is 1.55 bits per heavy atom. The summed E-state index contributed by atoms with van der Waals surface area (Å²) < 4.78 is 6.53. The van der Waals surface area contributed by atoms with Crippen LogP contribution in [0.25, 0.3) is 44.1 Å². The molecule has 0 saturated heterocycles. The summed E-state index contributed by atoms with van der Waals surface area (Å²) in [7, 11) is 0. The SMILES string of the molecule is c1ccc(-c2nc3ccc4ccc5ccc(N(c6ccccc6)c6cncc(N(c7ccccc7)c7ccccc7)c6)cc5c4c3o2)cc1. The van der Waals surface area contributed by atoms with E-state index in [9.17, 15) is 0 Å². The first-order chi connectivity index (χ1) is 24.3. The molecule has 9 aromatic rings. The van der Waals surface area contributed by atoms with Crippen LogP contribution < -0.4 is 9.80 Å². The quantitative estimate of drug-likeness (QED) is 0.164. The van der Waals surface area contributed by atoms with Gasteiger partial charge in [-0.2, -0.15) is 0 Å². The highest BCUT2D eigenvalue weighted by molar-refractivity contribution is 6.18. The van der Waals surface area contributed by atoms with Crippen LogP contribution in [-0.4, -0.2) is 9.97 Å². The lowest BCUT2D eigenvalue weighted by Gasteiger charge is -2.29. The van der Waals surface area contributed by atoms with E-state index < -0.39 is 0 Å². The number of rotatable bonds is 7. The molecule has 9 rings (SSSR count). The van der Waals surface area contributed by atoms with Gasteiger partial charge in [0.25, 0.3) is 0 Å². The molecule has 5 nitrogen and oxygen atoms in total. The number of nitrogens with zero attached hydrogens (tertiary/aromatic N) is 4. The molecule has 0 fully saturated rings. The summed E-state index contributed by atoms with van der Waals surface area (Å²) in [5.74, 6) is 0.617. The second-order valence-electron chi connectivity index (χ2n) is 11.9. The van der Waals surface area contributed by atoms with Gasteiger partial charge < -0.3 is 14.2 Å². The molecule has 0 radical (unpaired) electrons. The molecule has 49 heavy (non-hydrogen) atoms. The van der Waals surface area contributed by atoms with Gasteiger partial charge in [0.15, 0.2) is 5.58 Å². The van der Waals surface area contributed by atoms with Crippen molar-refractivity contribution in [3.8, 4) is 11.5 Å². The fraction of sp³-hybridized carbons (Fsp3) is 0. The summed E-state index contributed by atoms with van der Waals surface area (Å²) >= 11 is 0. The van der Waals surface area contributed by atoms with E-state index in [0.29, 0.717) is 5.89 Å². The highest BCUT2D eigenvalue weighted by Crippen LogP contribution is 2.42. The predicted molar refractivity (Wildman–Crippen MR) is 202 cm³/mol. The number of hydrogen-bond donors (Lipinski definition) is 0. The van der Waals surface area contributed by atoms with Crippen LogP contribution in [0.3, 0.4) is 0 Å². The minimum atomic E-state index is 0.617. The minimum Gasteiger partial charge on any atom is -0.435 e. The van der Waals surface area contributed by atoms with Crippen LogP contribution >= 0.6 is 0 Å². The maximum Gasteiger partial charge on any atom is 0.227 e. The van der Waals surface area contributed by atoms with Crippen molar-refractivity contribution in [2.45, 2.75) is 0 Å². The van der Waals surface area contributed by atoms with Gasteiger partial charge in [-0.25, -0.2) is 4.98 Å². The molecule has 0 bridgehead atoms. The van der Waals surface area contributed by atoms with Gasteiger partial charge in [-0.15, -0.1) is 0 Å². The van der Waals surface area contributed by atoms with Crippen LogP contribution in [0.1, 0.15) is 0 Å². The third-order valence-corrected chi connectivity index (χ3v) is 8.89. The van der Waals surface area contributed by atoms with Crippen molar-refractivity contribution < 1.29 is 4.42 Å². The normalized spacial score (nSPS) is 11.3. The molecule has 2 heterocycles. The van der Waals surface area contributed by atoms with E-state index in [-0.39, 0.29) is 0 Å². The zero-order valence-electron chi connectivity index (χ0n) is 26.5. The van der Waals surface area contributed by atoms with E-state index in [1.165, 1.54) is 0 Å². The predicted octanol–water partition coefficient (Wildman–Crippen LogP) is 12.1. The molecule has 0 aliphatic heterocycles. The number of benzene rings is 7. The van der Waals surface area contributed by atoms with Crippen molar-refractivity contribution in [2.24, 2.45) is 0 Å². The molecule has 7 aromatic carbocycles. The Bertz CT molecular complexity index is 2510. The number of pyridine rings is 1. The molecule has 0 N–H and O–H groups in total. The highest BCUT2D eigenvalue weighted by Gasteiger charge is 2.19. The van der Waals surface area contributed by atoms with Gasteiger partial charge in [-0.1, -0.05) is 97.1 Å². The number of aromatic nitrogens is 2. The Morgan fingerprint density at radius 1 is 0.429 bits per heavy atom. The molecule has 0 unspecified atom stereocenters. The van der Waals surface area contributed by atoms with Crippen LogP contribution in [0.5, 0.6) is 0 Å². The van der Waals surface area contributed by atoms with E-state index >= 15 is 0 Å². The largest absolute Gasteiger partial charge is 0.435 e. The molecule has 0 atom stereocenters. The third kappa shape index (κ3) is 5.24. The van der Waals surface area contributed by atoms with Crippen LogP contribution in [0.4, 0.5) is 34.1 Å². The molecular weight excluding hydrogens is 601 g/mol. The number of fused-ring (bicyclic) bond motifs is 5. The lowest BCUT2D eigenvalue weighted by molar-refractivity contribution is 0.623. The van der Waals surface area contributed by atoms with Crippen molar-refractivity contribution in [1.29, 1.82) is 0 Å². The Hall–Kier alpha value is -6.72. The molecule has 0 spiro atoms. The average molecular weight is 631 g/mol. The summed E-state index contributed by atoms with van der Waals surface area (Å²) in [6.07, 6.45) is 3.85. The lowest BCUT2D eigenvalue weighted by atomic mass is 10.00. The van der Waals surface area contributed by atoms with Gasteiger partial charge >= 0.3 is 0 Å². The second-order valence-corrected chi connectivity index (χ2v) is 11.9. The topological polar surface area (TPSA) is 45.4 Å². The van der Waals surface area contributed by atoms with Gasteiger partial charge in [-0.05, 0) is 89.0 Å². The summed E-state index contributed by atoms with van der Waals surface area (Å²) in [5, 5.41) is 4.37. The lowest BCUT2D eigenvalue weighted by Crippen LogP contribution is -2.13. The van der Waals surface area contributed by atoms with Crippen molar-refractivity contribution in [2.75, 3.05) is 9.80 Å². The van der Waals surface area contributed by atoms with E-state index in [1.54, 1.807) is 0 Å². The monoisotopic (exact) mass is 630 g/mol. The van der Waals surface area contributed by atoms with E-state index in [4.69, 9.17) is 14.4 Å². The smallest absolute Gasteiger partial charge is 0.227 e. The van der Waals surface area contributed by atoms with Crippen molar-refractivity contribution in [3.05, 3.63) is 182 Å².